The third-order valence-electron chi connectivity index (χ3n) is 2.85. The van der Waals surface area contributed by atoms with Crippen molar-refractivity contribution < 1.29 is 18.0 Å². The van der Waals surface area contributed by atoms with Crippen LogP contribution in [0, 0.1) is 0 Å². The molecule has 3 nitrogen and oxygen atoms in total. The van der Waals surface area contributed by atoms with Gasteiger partial charge in [0.2, 0.25) is 0 Å². The summed E-state index contributed by atoms with van der Waals surface area (Å²) in [5, 5.41) is 4.90. The van der Waals surface area contributed by atoms with Crippen LogP contribution in [0.15, 0.2) is 55.1 Å². The molecule has 0 aliphatic heterocycles. The molecule has 0 saturated heterocycles. The van der Waals surface area contributed by atoms with Crippen LogP contribution in [-0.4, -0.2) is 6.03 Å². The third kappa shape index (κ3) is 4.12. The van der Waals surface area contributed by atoms with Gasteiger partial charge in [-0.3, -0.25) is 0 Å². The van der Waals surface area contributed by atoms with Crippen LogP contribution in [0.2, 0.25) is 0 Å². The Morgan fingerprint density at radius 1 is 1.00 bits per heavy atom. The number of hydrogen-bond donors (Lipinski definition) is 2. The summed E-state index contributed by atoms with van der Waals surface area (Å²) in [6.07, 6.45) is -2.79. The van der Waals surface area contributed by atoms with Gasteiger partial charge in [-0.05, 0) is 35.9 Å². The van der Waals surface area contributed by atoms with E-state index in [1.807, 2.05) is 0 Å². The van der Waals surface area contributed by atoms with Crippen molar-refractivity contribution in [3.8, 4) is 0 Å². The maximum Gasteiger partial charge on any atom is 0.416 e. The Labute approximate surface area is 125 Å². The minimum absolute atomic E-state index is 0.0648. The van der Waals surface area contributed by atoms with Gasteiger partial charge in [-0.1, -0.05) is 30.9 Å². The molecular weight excluding hydrogens is 293 g/mol. The number of carbonyl (C=O) groups excluding carboxylic acids is 1. The lowest BCUT2D eigenvalue weighted by atomic mass is 10.2. The monoisotopic (exact) mass is 306 g/mol. The summed E-state index contributed by atoms with van der Waals surface area (Å²) in [5.74, 6) is 0. The second-order valence-electron chi connectivity index (χ2n) is 4.48. The Bertz CT molecular complexity index is 679. The van der Waals surface area contributed by atoms with Crippen molar-refractivity contribution in [1.29, 1.82) is 0 Å². The molecule has 2 aromatic rings. The molecule has 6 heteroatoms. The number of hydrogen-bond acceptors (Lipinski definition) is 1. The summed E-state index contributed by atoms with van der Waals surface area (Å²) in [7, 11) is 0. The van der Waals surface area contributed by atoms with Gasteiger partial charge in [0.25, 0.3) is 0 Å². The van der Waals surface area contributed by atoms with E-state index in [-0.39, 0.29) is 5.69 Å². The zero-order valence-corrected chi connectivity index (χ0v) is 11.4. The van der Waals surface area contributed by atoms with Crippen molar-refractivity contribution in [3.63, 3.8) is 0 Å². The van der Waals surface area contributed by atoms with Crippen molar-refractivity contribution in [1.82, 2.24) is 0 Å². The number of amides is 2. The van der Waals surface area contributed by atoms with E-state index in [9.17, 15) is 18.0 Å². The van der Waals surface area contributed by atoms with Crippen molar-refractivity contribution in [3.05, 3.63) is 66.2 Å². The predicted octanol–water partition coefficient (Wildman–Crippen LogP) is 4.99. The number of carbonyl (C=O) groups is 1. The molecule has 0 bridgehead atoms. The fourth-order valence-corrected chi connectivity index (χ4v) is 1.77. The highest BCUT2D eigenvalue weighted by Crippen LogP contribution is 2.30. The molecule has 0 spiro atoms. The van der Waals surface area contributed by atoms with Gasteiger partial charge >= 0.3 is 12.2 Å². The first kappa shape index (κ1) is 15.6. The van der Waals surface area contributed by atoms with E-state index < -0.39 is 17.8 Å². The smallest absolute Gasteiger partial charge is 0.308 e. The van der Waals surface area contributed by atoms with Crippen LogP contribution in [0.25, 0.3) is 6.08 Å². The third-order valence-corrected chi connectivity index (χ3v) is 2.85. The minimum atomic E-state index is -4.45. The molecule has 0 fully saturated rings. The zero-order valence-electron chi connectivity index (χ0n) is 11.4. The molecule has 2 N–H and O–H groups in total. The van der Waals surface area contributed by atoms with Crippen LogP contribution in [0.3, 0.4) is 0 Å². The van der Waals surface area contributed by atoms with E-state index in [1.54, 1.807) is 30.3 Å². The number of alkyl halides is 3. The highest BCUT2D eigenvalue weighted by molar-refractivity contribution is 5.99. The van der Waals surface area contributed by atoms with Crippen molar-refractivity contribution in [2.45, 2.75) is 6.18 Å². The van der Waals surface area contributed by atoms with Crippen LogP contribution in [0.5, 0.6) is 0 Å². The summed E-state index contributed by atoms with van der Waals surface area (Å²) in [4.78, 5) is 11.8. The number of benzene rings is 2. The fraction of sp³-hybridized carbons (Fsp3) is 0.0625. The number of rotatable bonds is 3. The fourth-order valence-electron chi connectivity index (χ4n) is 1.77. The molecule has 0 radical (unpaired) electrons. The molecule has 0 saturated carbocycles. The van der Waals surface area contributed by atoms with Gasteiger partial charge in [0.15, 0.2) is 0 Å². The summed E-state index contributed by atoms with van der Waals surface area (Å²) in [6, 6.07) is 10.7. The SMILES string of the molecule is C=Cc1ccc(NC(=O)Nc2cccc(C(F)(F)F)c2)cc1. The molecule has 2 rings (SSSR count). The van der Waals surface area contributed by atoms with Gasteiger partial charge in [0, 0.05) is 11.4 Å². The molecule has 0 heterocycles. The number of anilines is 2. The highest BCUT2D eigenvalue weighted by Gasteiger charge is 2.30. The Balaban J connectivity index is 2.04. The van der Waals surface area contributed by atoms with E-state index in [2.05, 4.69) is 17.2 Å². The van der Waals surface area contributed by atoms with Crippen LogP contribution in [0.1, 0.15) is 11.1 Å². The van der Waals surface area contributed by atoms with E-state index in [1.165, 1.54) is 12.1 Å². The molecule has 0 aromatic heterocycles. The topological polar surface area (TPSA) is 41.1 Å². The predicted molar refractivity (Wildman–Crippen MR) is 80.6 cm³/mol. The van der Waals surface area contributed by atoms with Gasteiger partial charge in [0.05, 0.1) is 5.56 Å². The van der Waals surface area contributed by atoms with E-state index in [0.717, 1.165) is 17.7 Å². The summed E-state index contributed by atoms with van der Waals surface area (Å²) in [5.41, 5.74) is 0.662. The lowest BCUT2D eigenvalue weighted by molar-refractivity contribution is -0.137. The average molecular weight is 306 g/mol. The summed E-state index contributed by atoms with van der Waals surface area (Å²) in [6.45, 7) is 3.61. The standard InChI is InChI=1S/C16H13F3N2O/c1-2-11-6-8-13(9-7-11)20-15(22)21-14-5-3-4-12(10-14)16(17,18)19/h2-10H,1H2,(H2,20,21,22). The molecule has 0 aliphatic rings. The summed E-state index contributed by atoms with van der Waals surface area (Å²) < 4.78 is 37.8. The second kappa shape index (κ2) is 6.34. The molecule has 2 aromatic carbocycles. The van der Waals surface area contributed by atoms with Gasteiger partial charge < -0.3 is 10.6 Å². The zero-order chi connectivity index (χ0) is 16.2. The minimum Gasteiger partial charge on any atom is -0.308 e. The Morgan fingerprint density at radius 2 is 1.64 bits per heavy atom. The first-order chi connectivity index (χ1) is 10.4. The molecular formula is C16H13F3N2O. The molecule has 22 heavy (non-hydrogen) atoms. The number of nitrogens with one attached hydrogen (secondary N) is 2. The lowest BCUT2D eigenvalue weighted by Crippen LogP contribution is -2.19. The average Bonchev–Trinajstić information content (AvgIpc) is 2.47. The maximum atomic E-state index is 12.6. The normalized spacial score (nSPS) is 10.9. The van der Waals surface area contributed by atoms with Gasteiger partial charge in [0.1, 0.15) is 0 Å². The van der Waals surface area contributed by atoms with Crippen molar-refractivity contribution in [2.75, 3.05) is 10.6 Å². The summed E-state index contributed by atoms with van der Waals surface area (Å²) >= 11 is 0. The molecule has 0 aliphatic carbocycles. The quantitative estimate of drug-likeness (QED) is 0.824. The molecule has 0 unspecified atom stereocenters. The molecule has 0 atom stereocenters. The highest BCUT2D eigenvalue weighted by atomic mass is 19.4. The lowest BCUT2D eigenvalue weighted by Gasteiger charge is -2.11. The van der Waals surface area contributed by atoms with E-state index >= 15 is 0 Å². The van der Waals surface area contributed by atoms with Crippen molar-refractivity contribution >= 4 is 23.5 Å². The van der Waals surface area contributed by atoms with Crippen LogP contribution < -0.4 is 10.6 Å². The van der Waals surface area contributed by atoms with Crippen LogP contribution >= 0.6 is 0 Å². The van der Waals surface area contributed by atoms with Gasteiger partial charge in [-0.25, -0.2) is 4.79 Å². The van der Waals surface area contributed by atoms with Crippen LogP contribution in [0.4, 0.5) is 29.3 Å². The van der Waals surface area contributed by atoms with Gasteiger partial charge in [-0.15, -0.1) is 0 Å². The maximum absolute atomic E-state index is 12.6. The molecule has 114 valence electrons. The van der Waals surface area contributed by atoms with Crippen molar-refractivity contribution in [2.24, 2.45) is 0 Å². The van der Waals surface area contributed by atoms with Crippen LogP contribution in [-0.2, 0) is 6.18 Å². The number of halogens is 3. The largest absolute Gasteiger partial charge is 0.416 e. The molecule has 2 amide bonds. The number of urea groups is 1. The van der Waals surface area contributed by atoms with E-state index in [4.69, 9.17) is 0 Å². The first-order valence-corrected chi connectivity index (χ1v) is 6.36. The Morgan fingerprint density at radius 3 is 2.23 bits per heavy atom. The second-order valence-corrected chi connectivity index (χ2v) is 4.48. The first-order valence-electron chi connectivity index (χ1n) is 6.36. The van der Waals surface area contributed by atoms with E-state index in [0.29, 0.717) is 5.69 Å². The Kier molecular flexibility index (Phi) is 4.50. The Hall–Kier alpha value is -2.76. The van der Waals surface area contributed by atoms with Gasteiger partial charge in [-0.2, -0.15) is 13.2 Å².